The lowest BCUT2D eigenvalue weighted by molar-refractivity contribution is -0.127. The van der Waals surface area contributed by atoms with E-state index in [0.717, 1.165) is 25.7 Å². The lowest BCUT2D eigenvalue weighted by atomic mass is 9.84. The molecule has 0 aromatic rings. The van der Waals surface area contributed by atoms with Gasteiger partial charge in [-0.3, -0.25) is 4.79 Å². The lowest BCUT2D eigenvalue weighted by Gasteiger charge is -2.31. The number of nitrogens with zero attached hydrogens (tertiary/aromatic N) is 1. The zero-order valence-electron chi connectivity index (χ0n) is 11.0. The summed E-state index contributed by atoms with van der Waals surface area (Å²) in [6.45, 7) is 3.39. The van der Waals surface area contributed by atoms with Crippen LogP contribution in [0.1, 0.15) is 39.5 Å². The largest absolute Gasteiger partial charge is 0.409 e. The summed E-state index contributed by atoms with van der Waals surface area (Å²) in [5.74, 6) is -0.0908. The number of aliphatic hydroxyl groups is 1. The summed E-state index contributed by atoms with van der Waals surface area (Å²) in [6, 6.07) is 0.0640. The fourth-order valence-corrected chi connectivity index (χ4v) is 2.20. The summed E-state index contributed by atoms with van der Waals surface area (Å²) in [5, 5.41) is 23.6. The molecule has 6 nitrogen and oxygen atoms in total. The highest BCUT2D eigenvalue weighted by atomic mass is 16.4. The third-order valence-corrected chi connectivity index (χ3v) is 3.69. The van der Waals surface area contributed by atoms with Crippen LogP contribution >= 0.6 is 0 Å². The van der Waals surface area contributed by atoms with Gasteiger partial charge >= 0.3 is 0 Å². The highest BCUT2D eigenvalue weighted by Crippen LogP contribution is 2.25. The Labute approximate surface area is 107 Å². The average molecular weight is 257 g/mol. The van der Waals surface area contributed by atoms with Crippen molar-refractivity contribution in [1.82, 2.24) is 5.32 Å². The Morgan fingerprint density at radius 1 is 1.50 bits per heavy atom. The summed E-state index contributed by atoms with van der Waals surface area (Å²) in [7, 11) is 0. The van der Waals surface area contributed by atoms with Gasteiger partial charge in [-0.1, -0.05) is 11.6 Å². The lowest BCUT2D eigenvalue weighted by Crippen LogP contribution is -2.50. The molecular weight excluding hydrogens is 234 g/mol. The van der Waals surface area contributed by atoms with Crippen molar-refractivity contribution < 1.29 is 15.1 Å². The molecule has 5 N–H and O–H groups in total. The molecule has 1 saturated carbocycles. The van der Waals surface area contributed by atoms with Crippen molar-refractivity contribution in [3.8, 4) is 0 Å². The van der Waals surface area contributed by atoms with E-state index in [2.05, 4.69) is 10.5 Å². The standard InChI is InChI=1S/C12H23N3O3/c1-12(2,10(13)15-18)11(17)14-9-5-3-4-8(6-9)7-16/h8-9,16,18H,3-7H2,1-2H3,(H2,13,15)(H,14,17). The van der Waals surface area contributed by atoms with Crippen molar-refractivity contribution in [3.05, 3.63) is 0 Å². The molecule has 104 valence electrons. The number of amides is 1. The number of rotatable bonds is 4. The van der Waals surface area contributed by atoms with Crippen LogP contribution in [0, 0.1) is 11.3 Å². The number of nitrogens with one attached hydrogen (secondary N) is 1. The maximum absolute atomic E-state index is 12.1. The Kier molecular flexibility index (Phi) is 4.95. The average Bonchev–Trinajstić information content (AvgIpc) is 2.37. The fourth-order valence-electron chi connectivity index (χ4n) is 2.20. The van der Waals surface area contributed by atoms with Crippen LogP contribution in [0.5, 0.6) is 0 Å². The second-order valence-corrected chi connectivity index (χ2v) is 5.50. The minimum Gasteiger partial charge on any atom is -0.409 e. The Bertz CT molecular complexity index is 329. The van der Waals surface area contributed by atoms with Crippen LogP contribution < -0.4 is 11.1 Å². The van der Waals surface area contributed by atoms with Crippen molar-refractivity contribution in [3.63, 3.8) is 0 Å². The minimum atomic E-state index is -1.03. The molecule has 1 fully saturated rings. The van der Waals surface area contributed by atoms with Gasteiger partial charge in [-0.2, -0.15) is 0 Å². The Morgan fingerprint density at radius 3 is 2.72 bits per heavy atom. The molecule has 0 aliphatic heterocycles. The zero-order valence-corrected chi connectivity index (χ0v) is 11.0. The van der Waals surface area contributed by atoms with Crippen molar-refractivity contribution in [2.75, 3.05) is 6.61 Å². The van der Waals surface area contributed by atoms with Crippen LogP contribution in [0.15, 0.2) is 5.16 Å². The molecule has 0 spiro atoms. The number of hydrogen-bond acceptors (Lipinski definition) is 4. The SMILES string of the molecule is CC(C)(C(=O)NC1CCCC(CO)C1)C(N)=NO. The Hall–Kier alpha value is -1.30. The smallest absolute Gasteiger partial charge is 0.233 e. The third-order valence-electron chi connectivity index (χ3n) is 3.69. The van der Waals surface area contributed by atoms with E-state index in [9.17, 15) is 4.79 Å². The van der Waals surface area contributed by atoms with Gasteiger partial charge in [0, 0.05) is 12.6 Å². The molecule has 0 aromatic carbocycles. The quantitative estimate of drug-likeness (QED) is 0.253. The molecule has 2 unspecified atom stereocenters. The van der Waals surface area contributed by atoms with E-state index in [1.54, 1.807) is 13.8 Å². The minimum absolute atomic E-state index is 0.0640. The van der Waals surface area contributed by atoms with Crippen molar-refractivity contribution in [1.29, 1.82) is 0 Å². The fraction of sp³-hybridized carbons (Fsp3) is 0.833. The number of carbonyl (C=O) groups excluding carboxylic acids is 1. The normalized spacial score (nSPS) is 25.8. The maximum Gasteiger partial charge on any atom is 0.233 e. The highest BCUT2D eigenvalue weighted by molar-refractivity contribution is 6.05. The van der Waals surface area contributed by atoms with Gasteiger partial charge in [0.25, 0.3) is 0 Å². The predicted molar refractivity (Wildman–Crippen MR) is 68.2 cm³/mol. The number of amidine groups is 1. The highest BCUT2D eigenvalue weighted by Gasteiger charge is 2.35. The number of oxime groups is 1. The van der Waals surface area contributed by atoms with Crippen LogP contribution in [0.3, 0.4) is 0 Å². The van der Waals surface area contributed by atoms with Gasteiger partial charge in [0.15, 0.2) is 5.84 Å². The van der Waals surface area contributed by atoms with E-state index in [-0.39, 0.29) is 30.3 Å². The molecule has 0 aromatic heterocycles. The summed E-state index contributed by atoms with van der Waals surface area (Å²) in [5.41, 5.74) is 4.48. The molecule has 2 atom stereocenters. The van der Waals surface area contributed by atoms with Crippen LogP contribution in [0.2, 0.25) is 0 Å². The molecule has 6 heteroatoms. The van der Waals surface area contributed by atoms with Crippen molar-refractivity contribution in [2.24, 2.45) is 22.2 Å². The number of nitrogens with two attached hydrogens (primary N) is 1. The first-order valence-corrected chi connectivity index (χ1v) is 6.31. The number of aliphatic hydroxyl groups excluding tert-OH is 1. The Balaban J connectivity index is 2.59. The van der Waals surface area contributed by atoms with Gasteiger partial charge in [0.05, 0.1) is 0 Å². The van der Waals surface area contributed by atoms with Crippen LogP contribution in [-0.4, -0.2) is 34.7 Å². The van der Waals surface area contributed by atoms with Crippen LogP contribution in [0.4, 0.5) is 0 Å². The van der Waals surface area contributed by atoms with Gasteiger partial charge in [-0.05, 0) is 39.0 Å². The summed E-state index contributed by atoms with van der Waals surface area (Å²) in [4.78, 5) is 12.1. The molecule has 0 radical (unpaired) electrons. The molecular formula is C12H23N3O3. The summed E-state index contributed by atoms with van der Waals surface area (Å²) < 4.78 is 0. The second kappa shape index (κ2) is 6.04. The molecule has 0 bridgehead atoms. The first-order valence-electron chi connectivity index (χ1n) is 6.31. The first-order chi connectivity index (χ1) is 8.41. The van der Waals surface area contributed by atoms with E-state index in [1.165, 1.54) is 0 Å². The van der Waals surface area contributed by atoms with Gasteiger partial charge in [-0.15, -0.1) is 0 Å². The summed E-state index contributed by atoms with van der Waals surface area (Å²) in [6.07, 6.45) is 3.70. The third kappa shape index (κ3) is 3.35. The van der Waals surface area contributed by atoms with E-state index in [4.69, 9.17) is 16.0 Å². The maximum atomic E-state index is 12.1. The Morgan fingerprint density at radius 2 is 2.17 bits per heavy atom. The first kappa shape index (κ1) is 14.8. The van der Waals surface area contributed by atoms with E-state index < -0.39 is 5.41 Å². The molecule has 0 saturated heterocycles. The predicted octanol–water partition coefficient (Wildman–Crippen LogP) is 0.426. The zero-order chi connectivity index (χ0) is 13.8. The molecule has 1 aliphatic carbocycles. The van der Waals surface area contributed by atoms with Gasteiger partial charge in [-0.25, -0.2) is 0 Å². The van der Waals surface area contributed by atoms with E-state index >= 15 is 0 Å². The van der Waals surface area contributed by atoms with Gasteiger partial charge in [0.2, 0.25) is 5.91 Å². The monoisotopic (exact) mass is 257 g/mol. The van der Waals surface area contributed by atoms with Crippen molar-refractivity contribution in [2.45, 2.75) is 45.6 Å². The van der Waals surface area contributed by atoms with Gasteiger partial charge in [0.1, 0.15) is 5.41 Å². The second-order valence-electron chi connectivity index (χ2n) is 5.50. The topological polar surface area (TPSA) is 108 Å². The van der Waals surface area contributed by atoms with E-state index in [0.29, 0.717) is 0 Å². The van der Waals surface area contributed by atoms with Gasteiger partial charge < -0.3 is 21.4 Å². The molecule has 1 amide bonds. The number of hydrogen-bond donors (Lipinski definition) is 4. The van der Waals surface area contributed by atoms with Crippen LogP contribution in [0.25, 0.3) is 0 Å². The molecule has 0 heterocycles. The molecule has 18 heavy (non-hydrogen) atoms. The molecule has 1 aliphatic rings. The number of carbonyl (C=O) groups is 1. The molecule has 1 rings (SSSR count). The van der Waals surface area contributed by atoms with Crippen LogP contribution in [-0.2, 0) is 4.79 Å². The van der Waals surface area contributed by atoms with Crippen molar-refractivity contribution >= 4 is 11.7 Å². The van der Waals surface area contributed by atoms with E-state index in [1.807, 2.05) is 0 Å². The summed E-state index contributed by atoms with van der Waals surface area (Å²) >= 11 is 0.